The highest BCUT2D eigenvalue weighted by Gasteiger charge is 2.29. The van der Waals surface area contributed by atoms with Crippen molar-refractivity contribution < 1.29 is 13.3 Å². The highest BCUT2D eigenvalue weighted by Crippen LogP contribution is 2.25. The van der Waals surface area contributed by atoms with Crippen molar-refractivity contribution in [1.82, 2.24) is 4.31 Å². The van der Waals surface area contributed by atoms with Crippen molar-refractivity contribution in [3.63, 3.8) is 0 Å². The molecule has 1 aliphatic heterocycles. The van der Waals surface area contributed by atoms with E-state index in [2.05, 4.69) is 6.07 Å². The lowest BCUT2D eigenvalue weighted by molar-refractivity contribution is -0.385. The lowest BCUT2D eigenvalue weighted by atomic mass is 10.1. The van der Waals surface area contributed by atoms with E-state index in [4.69, 9.17) is 0 Å². The molecule has 0 atom stereocenters. The maximum Gasteiger partial charge on any atom is 0.273 e. The topological polar surface area (TPSA) is 108 Å². The molecule has 2 aromatic carbocycles. The number of nitro groups is 1. The molecule has 0 unspecified atom stereocenters. The summed E-state index contributed by atoms with van der Waals surface area (Å²) in [6.45, 7) is 1.44. The third kappa shape index (κ3) is 4.07. The van der Waals surface area contributed by atoms with Gasteiger partial charge < -0.3 is 4.90 Å². The van der Waals surface area contributed by atoms with Crippen LogP contribution in [0.4, 0.5) is 11.4 Å². The molecule has 140 valence electrons. The summed E-state index contributed by atoms with van der Waals surface area (Å²) in [6.07, 6.45) is 0. The fraction of sp³-hybridized carbons (Fsp3) is 0.278. The predicted octanol–water partition coefficient (Wildman–Crippen LogP) is 2.12. The van der Waals surface area contributed by atoms with Gasteiger partial charge in [0.25, 0.3) is 5.69 Å². The summed E-state index contributed by atoms with van der Waals surface area (Å²) < 4.78 is 26.8. The van der Waals surface area contributed by atoms with Crippen LogP contribution in [-0.4, -0.2) is 43.8 Å². The van der Waals surface area contributed by atoms with Gasteiger partial charge in [0.15, 0.2) is 0 Å². The summed E-state index contributed by atoms with van der Waals surface area (Å²) in [7, 11) is -3.68. The van der Waals surface area contributed by atoms with Gasteiger partial charge in [0.05, 0.1) is 21.9 Å². The summed E-state index contributed by atoms with van der Waals surface area (Å²) >= 11 is 0. The molecule has 9 heteroatoms. The van der Waals surface area contributed by atoms with Crippen molar-refractivity contribution in [2.75, 3.05) is 31.1 Å². The van der Waals surface area contributed by atoms with E-state index in [0.29, 0.717) is 18.7 Å². The van der Waals surface area contributed by atoms with Crippen molar-refractivity contribution in [2.45, 2.75) is 5.75 Å². The largest absolute Gasteiger partial charge is 0.368 e. The van der Waals surface area contributed by atoms with Gasteiger partial charge in [0, 0.05) is 37.8 Å². The average molecular weight is 386 g/mol. The van der Waals surface area contributed by atoms with E-state index in [1.165, 1.54) is 22.5 Å². The van der Waals surface area contributed by atoms with Gasteiger partial charge in [-0.2, -0.15) is 9.57 Å². The van der Waals surface area contributed by atoms with Gasteiger partial charge >= 0.3 is 0 Å². The van der Waals surface area contributed by atoms with Crippen LogP contribution in [-0.2, 0) is 15.8 Å². The minimum atomic E-state index is -3.68. The van der Waals surface area contributed by atoms with Crippen molar-refractivity contribution in [3.05, 3.63) is 69.8 Å². The van der Waals surface area contributed by atoms with Crippen LogP contribution < -0.4 is 4.90 Å². The molecule has 0 radical (unpaired) electrons. The lowest BCUT2D eigenvalue weighted by Crippen LogP contribution is -2.49. The molecule has 1 fully saturated rings. The first-order valence-electron chi connectivity index (χ1n) is 8.36. The molecule has 2 aromatic rings. The monoisotopic (exact) mass is 386 g/mol. The van der Waals surface area contributed by atoms with Crippen molar-refractivity contribution in [1.29, 1.82) is 5.26 Å². The molecular weight excluding hydrogens is 368 g/mol. The maximum absolute atomic E-state index is 12.7. The van der Waals surface area contributed by atoms with Crippen LogP contribution in [0.1, 0.15) is 11.1 Å². The maximum atomic E-state index is 12.7. The van der Waals surface area contributed by atoms with Gasteiger partial charge in [0.2, 0.25) is 10.0 Å². The van der Waals surface area contributed by atoms with Crippen LogP contribution in [0, 0.1) is 21.4 Å². The van der Waals surface area contributed by atoms with E-state index >= 15 is 0 Å². The van der Waals surface area contributed by atoms with E-state index in [1.807, 2.05) is 17.0 Å². The molecule has 0 aromatic heterocycles. The molecule has 1 saturated heterocycles. The molecule has 0 aliphatic carbocycles. The summed E-state index contributed by atoms with van der Waals surface area (Å²) in [5.41, 5.74) is 1.33. The van der Waals surface area contributed by atoms with Gasteiger partial charge in [-0.15, -0.1) is 0 Å². The third-order valence-electron chi connectivity index (χ3n) is 4.52. The summed E-state index contributed by atoms with van der Waals surface area (Å²) in [6, 6.07) is 15.2. The Morgan fingerprint density at radius 2 is 1.67 bits per heavy atom. The Balaban J connectivity index is 1.72. The summed E-state index contributed by atoms with van der Waals surface area (Å²) in [5.74, 6) is -0.404. The first kappa shape index (κ1) is 18.8. The van der Waals surface area contributed by atoms with Gasteiger partial charge in [-0.3, -0.25) is 10.1 Å². The number of hydrogen-bond donors (Lipinski definition) is 0. The van der Waals surface area contributed by atoms with Gasteiger partial charge in [0.1, 0.15) is 6.07 Å². The van der Waals surface area contributed by atoms with Crippen LogP contribution in [0.3, 0.4) is 0 Å². The highest BCUT2D eigenvalue weighted by atomic mass is 32.2. The number of piperazine rings is 1. The summed E-state index contributed by atoms with van der Waals surface area (Å²) in [4.78, 5) is 12.5. The number of nitriles is 1. The van der Waals surface area contributed by atoms with Crippen LogP contribution in [0.25, 0.3) is 0 Å². The zero-order chi connectivity index (χ0) is 19.4. The van der Waals surface area contributed by atoms with Gasteiger partial charge in [-0.1, -0.05) is 30.3 Å². The molecule has 0 bridgehead atoms. The van der Waals surface area contributed by atoms with Gasteiger partial charge in [-0.25, -0.2) is 8.42 Å². The highest BCUT2D eigenvalue weighted by molar-refractivity contribution is 7.88. The quantitative estimate of drug-likeness (QED) is 0.575. The number of benzene rings is 2. The molecule has 0 amide bonds. The minimum Gasteiger partial charge on any atom is -0.368 e. The van der Waals surface area contributed by atoms with Crippen LogP contribution in [0.15, 0.2) is 48.5 Å². The molecule has 3 rings (SSSR count). The molecule has 27 heavy (non-hydrogen) atoms. The van der Waals surface area contributed by atoms with Gasteiger partial charge in [-0.05, 0) is 12.1 Å². The Bertz CT molecular complexity index is 992. The predicted molar refractivity (Wildman–Crippen MR) is 101 cm³/mol. The number of sulfonamides is 1. The van der Waals surface area contributed by atoms with E-state index in [1.54, 1.807) is 18.2 Å². The van der Waals surface area contributed by atoms with E-state index < -0.39 is 20.7 Å². The number of nitro benzene ring substituents is 1. The number of para-hydroxylation sites is 2. The normalized spacial score (nSPS) is 15.3. The lowest BCUT2D eigenvalue weighted by Gasteiger charge is -2.35. The van der Waals surface area contributed by atoms with Crippen LogP contribution in [0.5, 0.6) is 0 Å². The Morgan fingerprint density at radius 1 is 1.04 bits per heavy atom. The Hall–Kier alpha value is -2.96. The summed E-state index contributed by atoms with van der Waals surface area (Å²) in [5, 5.41) is 20.3. The molecule has 0 N–H and O–H groups in total. The third-order valence-corrected chi connectivity index (χ3v) is 6.35. The van der Waals surface area contributed by atoms with Crippen LogP contribution in [0.2, 0.25) is 0 Å². The second-order valence-corrected chi connectivity index (χ2v) is 8.13. The minimum absolute atomic E-state index is 0.180. The van der Waals surface area contributed by atoms with E-state index in [0.717, 1.165) is 5.69 Å². The SMILES string of the molecule is N#Cc1ccccc1N1CCN(S(=O)(=O)Cc2ccccc2[N+](=O)[O-])CC1. The first-order chi connectivity index (χ1) is 12.9. The fourth-order valence-corrected chi connectivity index (χ4v) is 4.69. The molecule has 0 saturated carbocycles. The average Bonchev–Trinajstić information content (AvgIpc) is 2.68. The number of nitrogens with zero attached hydrogens (tertiary/aromatic N) is 4. The van der Waals surface area contributed by atoms with Crippen LogP contribution >= 0.6 is 0 Å². The zero-order valence-electron chi connectivity index (χ0n) is 14.5. The second-order valence-electron chi connectivity index (χ2n) is 6.16. The smallest absolute Gasteiger partial charge is 0.273 e. The van der Waals surface area contributed by atoms with E-state index in [9.17, 15) is 23.8 Å². The van der Waals surface area contributed by atoms with Crippen molar-refractivity contribution >= 4 is 21.4 Å². The Labute approximate surface area is 157 Å². The number of rotatable bonds is 5. The fourth-order valence-electron chi connectivity index (χ4n) is 3.15. The van der Waals surface area contributed by atoms with Crippen molar-refractivity contribution in [3.8, 4) is 6.07 Å². The standard InChI is InChI=1S/C18H18N4O4S/c19-13-15-5-1-3-7-17(15)20-9-11-21(12-10-20)27(25,26)14-16-6-2-4-8-18(16)22(23)24/h1-8H,9-12,14H2. The molecule has 1 aliphatic rings. The van der Waals surface area contributed by atoms with Crippen molar-refractivity contribution in [2.24, 2.45) is 0 Å². The second kappa shape index (κ2) is 7.73. The number of anilines is 1. The first-order valence-corrected chi connectivity index (χ1v) is 9.97. The Kier molecular flexibility index (Phi) is 5.39. The number of hydrogen-bond acceptors (Lipinski definition) is 6. The zero-order valence-corrected chi connectivity index (χ0v) is 15.3. The molecule has 0 spiro atoms. The molecule has 1 heterocycles. The Morgan fingerprint density at radius 3 is 2.33 bits per heavy atom. The van der Waals surface area contributed by atoms with E-state index in [-0.39, 0.29) is 24.3 Å². The molecular formula is C18H18N4O4S. The molecule has 8 nitrogen and oxygen atoms in total.